The van der Waals surface area contributed by atoms with Crippen LogP contribution in [0, 0.1) is 0 Å². The van der Waals surface area contributed by atoms with Crippen LogP contribution in [0.2, 0.25) is 0 Å². The highest BCUT2D eigenvalue weighted by Gasteiger charge is 2.01. The summed E-state index contributed by atoms with van der Waals surface area (Å²) in [4.78, 5) is 2.90. The number of hydrogen-bond donors (Lipinski definition) is 3. The van der Waals surface area contributed by atoms with Gasteiger partial charge >= 0.3 is 0 Å². The first-order valence-electron chi connectivity index (χ1n) is 2.84. The van der Waals surface area contributed by atoms with Gasteiger partial charge in [-0.25, -0.2) is 0 Å². The molecular formula is C6H10N2O. The van der Waals surface area contributed by atoms with Crippen molar-refractivity contribution in [2.24, 2.45) is 5.73 Å². The van der Waals surface area contributed by atoms with E-state index in [1.54, 1.807) is 6.20 Å². The second-order valence-electron chi connectivity index (χ2n) is 1.91. The Balaban J connectivity index is 2.65. The van der Waals surface area contributed by atoms with Crippen molar-refractivity contribution in [3.63, 3.8) is 0 Å². The highest BCUT2D eigenvalue weighted by Crippen LogP contribution is 2.03. The molecule has 0 spiro atoms. The Labute approximate surface area is 53.5 Å². The number of aliphatic hydroxyl groups is 1. The fourth-order valence-corrected chi connectivity index (χ4v) is 0.673. The molecule has 1 atom stereocenters. The SMILES string of the molecule is N[C@@H](CO)c1ccc[nH]1. The Bertz CT molecular complexity index is 160. The number of hydrogen-bond acceptors (Lipinski definition) is 2. The molecule has 0 saturated heterocycles. The van der Waals surface area contributed by atoms with Crippen LogP contribution in [0.25, 0.3) is 0 Å². The second-order valence-corrected chi connectivity index (χ2v) is 1.91. The van der Waals surface area contributed by atoms with Crippen molar-refractivity contribution in [2.45, 2.75) is 6.04 Å². The van der Waals surface area contributed by atoms with Gasteiger partial charge in [0, 0.05) is 11.9 Å². The average molecular weight is 126 g/mol. The van der Waals surface area contributed by atoms with Crippen LogP contribution >= 0.6 is 0 Å². The normalized spacial score (nSPS) is 13.6. The quantitative estimate of drug-likeness (QED) is 0.522. The summed E-state index contributed by atoms with van der Waals surface area (Å²) in [5.41, 5.74) is 6.33. The molecule has 0 amide bonds. The molecule has 0 unspecified atom stereocenters. The predicted octanol–water partition coefficient (Wildman–Crippen LogP) is 0.00680. The summed E-state index contributed by atoms with van der Waals surface area (Å²) in [5, 5.41) is 8.56. The van der Waals surface area contributed by atoms with Crippen molar-refractivity contribution in [1.29, 1.82) is 0 Å². The molecule has 4 N–H and O–H groups in total. The molecule has 0 aliphatic carbocycles. The van der Waals surface area contributed by atoms with Gasteiger partial charge in [0.1, 0.15) is 0 Å². The van der Waals surface area contributed by atoms with Crippen LogP contribution in [0.15, 0.2) is 18.3 Å². The molecular weight excluding hydrogens is 116 g/mol. The summed E-state index contributed by atoms with van der Waals surface area (Å²) in [6, 6.07) is 3.44. The molecule has 0 aliphatic heterocycles. The highest BCUT2D eigenvalue weighted by molar-refractivity contribution is 5.07. The average Bonchev–Trinajstić information content (AvgIpc) is 2.37. The Kier molecular flexibility index (Phi) is 1.87. The maximum absolute atomic E-state index is 8.56. The summed E-state index contributed by atoms with van der Waals surface area (Å²) in [7, 11) is 0. The molecule has 50 valence electrons. The molecule has 0 radical (unpaired) electrons. The molecule has 0 aromatic carbocycles. The van der Waals surface area contributed by atoms with E-state index >= 15 is 0 Å². The summed E-state index contributed by atoms with van der Waals surface area (Å²) in [6.07, 6.45) is 1.78. The fourth-order valence-electron chi connectivity index (χ4n) is 0.673. The van der Waals surface area contributed by atoms with Gasteiger partial charge in [0.2, 0.25) is 0 Å². The second kappa shape index (κ2) is 2.66. The van der Waals surface area contributed by atoms with Gasteiger partial charge in [-0.15, -0.1) is 0 Å². The molecule has 9 heavy (non-hydrogen) atoms. The molecule has 0 aliphatic rings. The van der Waals surface area contributed by atoms with E-state index in [0.29, 0.717) is 0 Å². The lowest BCUT2D eigenvalue weighted by Crippen LogP contribution is -2.14. The fraction of sp³-hybridized carbons (Fsp3) is 0.333. The van der Waals surface area contributed by atoms with E-state index in [0.717, 1.165) is 5.69 Å². The van der Waals surface area contributed by atoms with Gasteiger partial charge in [0.05, 0.1) is 12.6 Å². The number of aliphatic hydroxyl groups excluding tert-OH is 1. The monoisotopic (exact) mass is 126 g/mol. The van der Waals surface area contributed by atoms with Crippen LogP contribution in [0.5, 0.6) is 0 Å². The number of rotatable bonds is 2. The van der Waals surface area contributed by atoms with E-state index in [1.165, 1.54) is 0 Å². The number of nitrogens with one attached hydrogen (secondary N) is 1. The lowest BCUT2D eigenvalue weighted by molar-refractivity contribution is 0.266. The summed E-state index contributed by atoms with van der Waals surface area (Å²) >= 11 is 0. The zero-order valence-electron chi connectivity index (χ0n) is 5.04. The van der Waals surface area contributed by atoms with Gasteiger partial charge < -0.3 is 15.8 Å². The molecule has 1 heterocycles. The van der Waals surface area contributed by atoms with Gasteiger partial charge in [-0.2, -0.15) is 0 Å². The molecule has 0 saturated carbocycles. The molecule has 3 heteroatoms. The maximum Gasteiger partial charge on any atom is 0.0682 e. The molecule has 3 nitrogen and oxygen atoms in total. The minimum atomic E-state index is -0.264. The lowest BCUT2D eigenvalue weighted by Gasteiger charge is -2.02. The molecule has 0 bridgehead atoms. The van der Waals surface area contributed by atoms with Crippen molar-refractivity contribution in [3.05, 3.63) is 24.0 Å². The topological polar surface area (TPSA) is 62.0 Å². The minimum absolute atomic E-state index is 0.0134. The first-order valence-corrected chi connectivity index (χ1v) is 2.84. The summed E-state index contributed by atoms with van der Waals surface area (Å²) < 4.78 is 0. The van der Waals surface area contributed by atoms with E-state index in [-0.39, 0.29) is 12.6 Å². The van der Waals surface area contributed by atoms with Gasteiger partial charge in [0.25, 0.3) is 0 Å². The Morgan fingerprint density at radius 1 is 1.78 bits per heavy atom. The summed E-state index contributed by atoms with van der Waals surface area (Å²) in [5.74, 6) is 0. The van der Waals surface area contributed by atoms with Gasteiger partial charge in [0.15, 0.2) is 0 Å². The van der Waals surface area contributed by atoms with Crippen LogP contribution in [0.4, 0.5) is 0 Å². The maximum atomic E-state index is 8.56. The van der Waals surface area contributed by atoms with Crippen molar-refractivity contribution >= 4 is 0 Å². The van der Waals surface area contributed by atoms with Crippen LogP contribution in [-0.2, 0) is 0 Å². The first kappa shape index (κ1) is 6.32. The molecule has 0 fully saturated rings. The lowest BCUT2D eigenvalue weighted by atomic mass is 10.2. The van der Waals surface area contributed by atoms with E-state index in [2.05, 4.69) is 4.98 Å². The minimum Gasteiger partial charge on any atom is -0.394 e. The molecule has 1 rings (SSSR count). The highest BCUT2D eigenvalue weighted by atomic mass is 16.3. The van der Waals surface area contributed by atoms with E-state index in [9.17, 15) is 0 Å². The largest absolute Gasteiger partial charge is 0.394 e. The van der Waals surface area contributed by atoms with E-state index in [4.69, 9.17) is 10.8 Å². The van der Waals surface area contributed by atoms with Gasteiger partial charge in [-0.05, 0) is 12.1 Å². The van der Waals surface area contributed by atoms with Crippen LogP contribution in [0.1, 0.15) is 11.7 Å². The number of H-pyrrole nitrogens is 1. The number of nitrogens with two attached hydrogens (primary N) is 1. The number of aromatic nitrogens is 1. The third kappa shape index (κ3) is 1.31. The van der Waals surface area contributed by atoms with Crippen LogP contribution in [-0.4, -0.2) is 16.7 Å². The first-order chi connectivity index (χ1) is 4.34. The van der Waals surface area contributed by atoms with Crippen molar-refractivity contribution in [2.75, 3.05) is 6.61 Å². The van der Waals surface area contributed by atoms with Crippen LogP contribution in [0.3, 0.4) is 0 Å². The van der Waals surface area contributed by atoms with Gasteiger partial charge in [-0.3, -0.25) is 0 Å². The van der Waals surface area contributed by atoms with Gasteiger partial charge in [-0.1, -0.05) is 0 Å². The van der Waals surface area contributed by atoms with Crippen molar-refractivity contribution in [1.82, 2.24) is 4.98 Å². The Morgan fingerprint density at radius 2 is 2.56 bits per heavy atom. The smallest absolute Gasteiger partial charge is 0.0682 e. The third-order valence-electron chi connectivity index (χ3n) is 1.22. The van der Waals surface area contributed by atoms with Crippen molar-refractivity contribution in [3.8, 4) is 0 Å². The zero-order chi connectivity index (χ0) is 6.69. The molecule has 1 aromatic rings. The Hall–Kier alpha value is -0.800. The standard InChI is InChI=1S/C6H10N2O/c7-5(4-9)6-2-1-3-8-6/h1-3,5,8-9H,4,7H2/t5-/m0/s1. The molecule has 1 aromatic heterocycles. The van der Waals surface area contributed by atoms with Crippen molar-refractivity contribution < 1.29 is 5.11 Å². The van der Waals surface area contributed by atoms with Crippen LogP contribution < -0.4 is 5.73 Å². The predicted molar refractivity (Wildman–Crippen MR) is 34.8 cm³/mol. The van der Waals surface area contributed by atoms with E-state index in [1.807, 2.05) is 12.1 Å². The zero-order valence-corrected chi connectivity index (χ0v) is 5.04. The Morgan fingerprint density at radius 3 is 3.00 bits per heavy atom. The summed E-state index contributed by atoms with van der Waals surface area (Å²) in [6.45, 7) is -0.0134. The number of aromatic amines is 1. The third-order valence-corrected chi connectivity index (χ3v) is 1.22. The van der Waals surface area contributed by atoms with E-state index < -0.39 is 0 Å².